The lowest BCUT2D eigenvalue weighted by Crippen LogP contribution is -2.39. The maximum Gasteiger partial charge on any atom is 0.276 e. The molecule has 0 aromatic heterocycles. The second kappa shape index (κ2) is 4.28. The van der Waals surface area contributed by atoms with Crippen LogP contribution >= 0.6 is 0 Å². The summed E-state index contributed by atoms with van der Waals surface area (Å²) in [6.45, 7) is 1.62. The van der Waals surface area contributed by atoms with Crippen LogP contribution < -0.4 is 9.44 Å². The quantitative estimate of drug-likeness (QED) is 0.598. The highest BCUT2D eigenvalue weighted by Crippen LogP contribution is 1.89. The van der Waals surface area contributed by atoms with E-state index in [1.807, 2.05) is 6.07 Å². The van der Waals surface area contributed by atoms with Crippen molar-refractivity contribution in [2.45, 2.75) is 19.4 Å². The van der Waals surface area contributed by atoms with Gasteiger partial charge in [-0.1, -0.05) is 0 Å². The van der Waals surface area contributed by atoms with Crippen LogP contribution in [0.2, 0.25) is 0 Å². The molecule has 0 bridgehead atoms. The van der Waals surface area contributed by atoms with Gasteiger partial charge in [0.15, 0.2) is 0 Å². The van der Waals surface area contributed by atoms with Crippen LogP contribution in [0.4, 0.5) is 0 Å². The van der Waals surface area contributed by atoms with Crippen molar-refractivity contribution in [3.05, 3.63) is 0 Å². The lowest BCUT2D eigenvalue weighted by atomic mass is 10.3. The predicted octanol–water partition coefficient (Wildman–Crippen LogP) is -0.658. The molecule has 6 heteroatoms. The summed E-state index contributed by atoms with van der Waals surface area (Å²) in [6, 6.07) is 1.51. The van der Waals surface area contributed by atoms with Crippen LogP contribution in [0, 0.1) is 11.3 Å². The van der Waals surface area contributed by atoms with Crippen molar-refractivity contribution in [1.29, 1.82) is 5.26 Å². The van der Waals surface area contributed by atoms with Gasteiger partial charge >= 0.3 is 0 Å². The molecule has 0 amide bonds. The van der Waals surface area contributed by atoms with E-state index in [0.717, 1.165) is 0 Å². The Morgan fingerprint density at radius 3 is 2.55 bits per heavy atom. The van der Waals surface area contributed by atoms with E-state index >= 15 is 0 Å². The predicted molar refractivity (Wildman–Crippen MR) is 40.8 cm³/mol. The molecule has 0 rings (SSSR count). The molecule has 0 fully saturated rings. The first kappa shape index (κ1) is 10.4. The van der Waals surface area contributed by atoms with Crippen LogP contribution in [0.3, 0.4) is 0 Å². The Balaban J connectivity index is 3.97. The Labute approximate surface area is 66.6 Å². The largest absolute Gasteiger partial charge is 0.276 e. The zero-order valence-electron chi connectivity index (χ0n) is 6.46. The van der Waals surface area contributed by atoms with E-state index in [-0.39, 0.29) is 12.5 Å². The lowest BCUT2D eigenvalue weighted by Gasteiger charge is -2.08. The molecule has 0 aromatic carbocycles. The fraction of sp³-hybridized carbons (Fsp3) is 0.800. The molecule has 1 atom stereocenters. The maximum atomic E-state index is 10.8. The molecule has 0 aromatic rings. The second-order valence-electron chi connectivity index (χ2n) is 2.09. The van der Waals surface area contributed by atoms with Gasteiger partial charge in [0.05, 0.1) is 12.5 Å². The van der Waals surface area contributed by atoms with Crippen molar-refractivity contribution in [3.8, 4) is 6.07 Å². The topological polar surface area (TPSA) is 82.0 Å². The van der Waals surface area contributed by atoms with Gasteiger partial charge < -0.3 is 0 Å². The molecule has 2 N–H and O–H groups in total. The average Bonchev–Trinajstić information content (AvgIpc) is 1.87. The summed E-state index contributed by atoms with van der Waals surface area (Å²) >= 11 is 0. The smallest absolute Gasteiger partial charge is 0.205 e. The minimum atomic E-state index is -3.39. The summed E-state index contributed by atoms with van der Waals surface area (Å²) < 4.78 is 25.8. The normalized spacial score (nSPS) is 13.9. The SMILES string of the molecule is CNS(=O)(=O)NC(C)CC#N. The van der Waals surface area contributed by atoms with Gasteiger partial charge in [-0.2, -0.15) is 18.4 Å². The van der Waals surface area contributed by atoms with Crippen LogP contribution in [0.5, 0.6) is 0 Å². The molecule has 0 saturated carbocycles. The molecule has 1 unspecified atom stereocenters. The molecule has 0 aliphatic carbocycles. The van der Waals surface area contributed by atoms with E-state index < -0.39 is 10.2 Å². The average molecular weight is 177 g/mol. The summed E-state index contributed by atoms with van der Waals surface area (Å²) in [7, 11) is -2.09. The Bertz CT molecular complexity index is 241. The Morgan fingerprint density at radius 1 is 1.64 bits per heavy atom. The highest BCUT2D eigenvalue weighted by atomic mass is 32.2. The van der Waals surface area contributed by atoms with Gasteiger partial charge in [-0.3, -0.25) is 0 Å². The zero-order chi connectivity index (χ0) is 8.91. The van der Waals surface area contributed by atoms with Crippen LogP contribution in [-0.4, -0.2) is 21.5 Å². The number of hydrogen-bond donors (Lipinski definition) is 2. The molecule has 5 nitrogen and oxygen atoms in total. The highest BCUT2D eigenvalue weighted by molar-refractivity contribution is 7.87. The Hall–Kier alpha value is -0.640. The van der Waals surface area contributed by atoms with E-state index in [1.54, 1.807) is 6.92 Å². The number of hydrogen-bond acceptors (Lipinski definition) is 3. The fourth-order valence-electron chi connectivity index (χ4n) is 0.502. The molecule has 0 aliphatic heterocycles. The first-order valence-corrected chi connectivity index (χ1v) is 4.58. The second-order valence-corrected chi connectivity index (χ2v) is 3.74. The van der Waals surface area contributed by atoms with E-state index in [0.29, 0.717) is 0 Å². The van der Waals surface area contributed by atoms with Crippen LogP contribution in [-0.2, 0) is 10.2 Å². The van der Waals surface area contributed by atoms with Gasteiger partial charge in [-0.05, 0) is 6.92 Å². The van der Waals surface area contributed by atoms with Crippen molar-refractivity contribution in [2.24, 2.45) is 0 Å². The summed E-state index contributed by atoms with van der Waals surface area (Å²) in [6.07, 6.45) is 0.168. The van der Waals surface area contributed by atoms with E-state index in [4.69, 9.17) is 5.26 Å². The van der Waals surface area contributed by atoms with Gasteiger partial charge in [-0.15, -0.1) is 0 Å². The molecule has 0 aliphatic rings. The monoisotopic (exact) mass is 177 g/mol. The molecule has 64 valence electrons. The van der Waals surface area contributed by atoms with Gasteiger partial charge in [-0.25, -0.2) is 4.72 Å². The van der Waals surface area contributed by atoms with Gasteiger partial charge in [0.1, 0.15) is 0 Å². The van der Waals surface area contributed by atoms with Gasteiger partial charge in [0, 0.05) is 13.1 Å². The van der Waals surface area contributed by atoms with Crippen molar-refractivity contribution in [3.63, 3.8) is 0 Å². The molecule has 0 heterocycles. The summed E-state index contributed by atoms with van der Waals surface area (Å²) in [5.41, 5.74) is 0. The molecular formula is C5H11N3O2S. The van der Waals surface area contributed by atoms with Crippen molar-refractivity contribution in [1.82, 2.24) is 9.44 Å². The third-order valence-electron chi connectivity index (χ3n) is 1.02. The van der Waals surface area contributed by atoms with Crippen molar-refractivity contribution < 1.29 is 8.42 Å². The summed E-state index contributed by atoms with van der Waals surface area (Å²) in [5, 5.41) is 8.20. The lowest BCUT2D eigenvalue weighted by molar-refractivity contribution is 0.555. The number of rotatable bonds is 4. The fourth-order valence-corrected chi connectivity index (χ4v) is 1.23. The Kier molecular flexibility index (Phi) is 4.03. The van der Waals surface area contributed by atoms with E-state index in [2.05, 4.69) is 9.44 Å². The number of nitrogens with zero attached hydrogens (tertiary/aromatic N) is 1. The minimum Gasteiger partial charge on any atom is -0.205 e. The summed E-state index contributed by atoms with van der Waals surface area (Å²) in [4.78, 5) is 0. The van der Waals surface area contributed by atoms with Gasteiger partial charge in [0.25, 0.3) is 10.2 Å². The van der Waals surface area contributed by atoms with E-state index in [9.17, 15) is 8.42 Å². The summed E-state index contributed by atoms with van der Waals surface area (Å²) in [5.74, 6) is 0. The molecule has 0 spiro atoms. The Morgan fingerprint density at radius 2 is 2.18 bits per heavy atom. The standard InChI is InChI=1S/C5H11N3O2S/c1-5(3-4-6)8-11(9,10)7-2/h5,7-8H,3H2,1-2H3. The zero-order valence-corrected chi connectivity index (χ0v) is 7.27. The minimum absolute atomic E-state index is 0.168. The highest BCUT2D eigenvalue weighted by Gasteiger charge is 2.10. The molecule has 0 radical (unpaired) electrons. The van der Waals surface area contributed by atoms with Gasteiger partial charge in [0.2, 0.25) is 0 Å². The van der Waals surface area contributed by atoms with Crippen LogP contribution in [0.15, 0.2) is 0 Å². The molecular weight excluding hydrogens is 166 g/mol. The number of nitrogens with one attached hydrogen (secondary N) is 2. The number of nitriles is 1. The maximum absolute atomic E-state index is 10.8. The van der Waals surface area contributed by atoms with Crippen LogP contribution in [0.25, 0.3) is 0 Å². The molecule has 11 heavy (non-hydrogen) atoms. The third kappa shape index (κ3) is 4.72. The van der Waals surface area contributed by atoms with Crippen molar-refractivity contribution in [2.75, 3.05) is 7.05 Å². The first-order valence-electron chi connectivity index (χ1n) is 3.09. The van der Waals surface area contributed by atoms with Crippen LogP contribution in [0.1, 0.15) is 13.3 Å². The first-order chi connectivity index (χ1) is 5.02. The third-order valence-corrected chi connectivity index (χ3v) is 2.27. The van der Waals surface area contributed by atoms with E-state index in [1.165, 1.54) is 7.05 Å². The van der Waals surface area contributed by atoms with Crippen molar-refractivity contribution >= 4 is 10.2 Å². The molecule has 0 saturated heterocycles.